The smallest absolute Gasteiger partial charge is 0.547 e. The van der Waals surface area contributed by atoms with Gasteiger partial charge in [-0.05, 0) is 27.7 Å². The number of carbonyl (C=O) groups excluding carboxylic acids is 4. The van der Waals surface area contributed by atoms with Gasteiger partial charge in [0.1, 0.15) is 0 Å². The van der Waals surface area contributed by atoms with Crippen molar-refractivity contribution in [3.05, 3.63) is 0 Å². The molecule has 0 aliphatic carbocycles. The molecule has 18 heteroatoms. The predicted molar refractivity (Wildman–Crippen MR) is 101 cm³/mol. The van der Waals surface area contributed by atoms with E-state index in [4.69, 9.17) is 20.4 Å². The number of carboxylic acids is 4. The van der Waals surface area contributed by atoms with Crippen LogP contribution in [0, 0.1) is 0 Å². The number of carbonyl (C=O) groups is 4. The topological polar surface area (TPSA) is 241 Å². The maximum atomic E-state index is 9.34. The van der Waals surface area contributed by atoms with Gasteiger partial charge >= 0.3 is 46.9 Å². The van der Waals surface area contributed by atoms with Crippen molar-refractivity contribution >= 4 is 90.9 Å². The molecule has 0 saturated carbocycles. The molecule has 30 heavy (non-hydrogen) atoms. The molecule has 0 aliphatic heterocycles. The zero-order valence-electron chi connectivity index (χ0n) is 16.6. The molecule has 0 aromatic carbocycles. The Balaban J connectivity index is -0.0000000208. The van der Waals surface area contributed by atoms with Crippen LogP contribution in [0.4, 0.5) is 0 Å². The number of carboxylic acid groups (broad SMARTS) is 4. The van der Waals surface area contributed by atoms with Gasteiger partial charge in [0.05, 0.1) is 48.3 Å². The van der Waals surface area contributed by atoms with Gasteiger partial charge in [-0.1, -0.05) is 0 Å². The first kappa shape index (κ1) is 63.1. The van der Waals surface area contributed by atoms with Crippen molar-refractivity contribution in [2.24, 2.45) is 0 Å². The Morgan fingerprint density at radius 2 is 0.533 bits per heavy atom. The minimum Gasteiger partial charge on any atom is -0.547 e. The van der Waals surface area contributed by atoms with E-state index >= 15 is 0 Å². The van der Waals surface area contributed by atoms with Crippen molar-refractivity contribution in [3.63, 3.8) is 0 Å². The summed E-state index contributed by atoms with van der Waals surface area (Å²) in [6.45, 7) is 4.54. The van der Waals surface area contributed by atoms with Crippen LogP contribution in [-0.4, -0.2) is 86.1 Å². The zero-order valence-corrected chi connectivity index (χ0v) is 23.0. The van der Waals surface area contributed by atoms with Crippen LogP contribution in [0.3, 0.4) is 0 Å². The molecule has 0 aromatic rings. The second kappa shape index (κ2) is 39.8. The van der Waals surface area contributed by atoms with Crippen molar-refractivity contribution < 1.29 is 89.6 Å². The standard InChI is InChI=1S/4C3H6O3.Al.4ClH.Na/c4*1-2(4)3(5)6;;;;;;/h4*2,4H,1H3,(H,5,6);;4*1H;/q;;;;+3;;;;;+1/p-4. The van der Waals surface area contributed by atoms with Crippen LogP contribution in [0.1, 0.15) is 27.7 Å². The molecule has 0 rings (SSSR count). The van der Waals surface area contributed by atoms with Crippen LogP contribution in [0.15, 0.2) is 0 Å². The molecular formula is C12H24AlCl4NaO12. The second-order valence-electron chi connectivity index (χ2n) is 3.98. The molecule has 0 aromatic heterocycles. The molecule has 0 saturated heterocycles. The molecule has 12 nitrogen and oxygen atoms in total. The SMILES string of the molecule is CC(O)C(=O)[O-].CC(O)C(=O)[O-].CC(O)C(=O)[O-].CC(O)C(=O)[O-].Cl.Cl.Cl.Cl.[Al+3].[Na+]. The van der Waals surface area contributed by atoms with E-state index in [1.165, 1.54) is 0 Å². The molecule has 0 amide bonds. The van der Waals surface area contributed by atoms with Crippen molar-refractivity contribution in [3.8, 4) is 0 Å². The summed E-state index contributed by atoms with van der Waals surface area (Å²) in [6.07, 6.45) is -5.37. The normalized spacial score (nSPS) is 10.9. The summed E-state index contributed by atoms with van der Waals surface area (Å²) in [5, 5.41) is 69.2. The van der Waals surface area contributed by atoms with Gasteiger partial charge in [0.15, 0.2) is 0 Å². The van der Waals surface area contributed by atoms with Gasteiger partial charge in [-0.2, -0.15) is 0 Å². The maximum absolute atomic E-state index is 9.34. The quantitative estimate of drug-likeness (QED) is 0.238. The molecule has 4 unspecified atom stereocenters. The summed E-state index contributed by atoms with van der Waals surface area (Å²) in [6, 6.07) is 0. The van der Waals surface area contributed by atoms with Crippen molar-refractivity contribution in [1.29, 1.82) is 0 Å². The third kappa shape index (κ3) is 79.3. The summed E-state index contributed by atoms with van der Waals surface area (Å²) < 4.78 is 0. The number of hydrogen-bond acceptors (Lipinski definition) is 12. The molecule has 4 N–H and O–H groups in total. The van der Waals surface area contributed by atoms with Gasteiger partial charge < -0.3 is 60.0 Å². The Morgan fingerprint density at radius 3 is 0.533 bits per heavy atom. The first-order valence-corrected chi connectivity index (χ1v) is 6.13. The van der Waals surface area contributed by atoms with Gasteiger partial charge in [0.2, 0.25) is 0 Å². The number of aliphatic carboxylic acids is 4. The molecule has 4 atom stereocenters. The fraction of sp³-hybridized carbons (Fsp3) is 0.667. The van der Waals surface area contributed by atoms with Gasteiger partial charge in [-0.25, -0.2) is 0 Å². The molecule has 176 valence electrons. The summed E-state index contributed by atoms with van der Waals surface area (Å²) in [5.41, 5.74) is 0. The third-order valence-electron chi connectivity index (χ3n) is 1.36. The van der Waals surface area contributed by atoms with Crippen molar-refractivity contribution in [1.82, 2.24) is 0 Å². The van der Waals surface area contributed by atoms with Crippen molar-refractivity contribution in [2.45, 2.75) is 52.1 Å². The number of aliphatic hydroxyl groups excluding tert-OH is 4. The number of hydrogen-bond donors (Lipinski definition) is 4. The molecule has 0 fully saturated rings. The summed E-state index contributed by atoms with van der Waals surface area (Å²) in [5.74, 6) is -5.74. The first-order chi connectivity index (χ1) is 10.6. The summed E-state index contributed by atoms with van der Waals surface area (Å²) in [4.78, 5) is 37.4. The fourth-order valence-electron chi connectivity index (χ4n) is 0. The van der Waals surface area contributed by atoms with Gasteiger partial charge in [0, 0.05) is 0 Å². The minimum absolute atomic E-state index is 0. The number of halogens is 4. The average molecular weight is 552 g/mol. The number of rotatable bonds is 4. The van der Waals surface area contributed by atoms with Crippen LogP contribution in [0.5, 0.6) is 0 Å². The largest absolute Gasteiger partial charge is 3.00 e. The van der Waals surface area contributed by atoms with E-state index < -0.39 is 48.3 Å². The molecule has 0 aliphatic rings. The summed E-state index contributed by atoms with van der Waals surface area (Å²) in [7, 11) is 0. The van der Waals surface area contributed by atoms with Crippen LogP contribution in [-0.2, 0) is 19.2 Å². The van der Waals surface area contributed by atoms with E-state index in [-0.39, 0.29) is 96.5 Å². The first-order valence-electron chi connectivity index (χ1n) is 6.13. The minimum atomic E-state index is -1.44. The second-order valence-corrected chi connectivity index (χ2v) is 3.98. The van der Waals surface area contributed by atoms with Crippen LogP contribution in [0.2, 0.25) is 0 Å². The molecule has 0 radical (unpaired) electrons. The van der Waals surface area contributed by atoms with E-state index in [0.717, 1.165) is 27.7 Å². The summed E-state index contributed by atoms with van der Waals surface area (Å²) >= 11 is 0. The maximum Gasteiger partial charge on any atom is 3.00 e. The van der Waals surface area contributed by atoms with E-state index in [2.05, 4.69) is 0 Å². The average Bonchev–Trinajstić information content (AvgIpc) is 2.40. The molecule has 0 heterocycles. The third-order valence-corrected chi connectivity index (χ3v) is 1.36. The van der Waals surface area contributed by atoms with Crippen molar-refractivity contribution in [2.75, 3.05) is 0 Å². The van der Waals surface area contributed by atoms with Gasteiger partial charge in [-0.3, -0.25) is 0 Å². The van der Waals surface area contributed by atoms with E-state index in [1.807, 2.05) is 0 Å². The Labute approximate surface area is 231 Å². The van der Waals surface area contributed by atoms with Gasteiger partial charge in [-0.15, -0.1) is 49.6 Å². The van der Waals surface area contributed by atoms with E-state index in [9.17, 15) is 39.6 Å². The Hall–Kier alpha value is 0.412. The van der Waals surface area contributed by atoms with E-state index in [0.29, 0.717) is 0 Å². The van der Waals surface area contributed by atoms with Crippen LogP contribution >= 0.6 is 49.6 Å². The van der Waals surface area contributed by atoms with Crippen LogP contribution in [0.25, 0.3) is 0 Å². The molecular weight excluding hydrogens is 528 g/mol. The zero-order chi connectivity index (χ0) is 20.6. The Morgan fingerprint density at radius 1 is 0.500 bits per heavy atom. The molecule has 0 spiro atoms. The number of aliphatic hydroxyl groups is 4. The Bertz CT molecular complexity index is 329. The Kier molecular flexibility index (Phi) is 83.9. The van der Waals surface area contributed by atoms with E-state index in [1.54, 1.807) is 0 Å². The monoisotopic (exact) mass is 550 g/mol. The fourth-order valence-corrected chi connectivity index (χ4v) is 0. The predicted octanol–water partition coefficient (Wildman–Crippen LogP) is -9.22. The van der Waals surface area contributed by atoms with Gasteiger partial charge in [0.25, 0.3) is 0 Å². The molecule has 0 bridgehead atoms. The van der Waals surface area contributed by atoms with Crippen LogP contribution < -0.4 is 50.0 Å².